The quantitative estimate of drug-likeness (QED) is 0.757. The Hall–Kier alpha value is -1.00. The first kappa shape index (κ1) is 12.5. The second-order valence-electron chi connectivity index (χ2n) is 4.50. The van der Waals surface area contributed by atoms with Crippen molar-refractivity contribution in [1.82, 2.24) is 5.32 Å². The van der Waals surface area contributed by atoms with Crippen LogP contribution in [-0.4, -0.2) is 17.7 Å². The predicted octanol–water partition coefficient (Wildman–Crippen LogP) is 1.82. The minimum Gasteiger partial charge on any atom is -0.369 e. The standard InChI is InChI=1S/C13H18N2OS/c1-9-6-12(17-8-13(14)16)5-2-10(9)7-15-11-3-4-11/h2,5-6,11,15H,3-4,7-8H2,1H3,(H2,14,16). The molecule has 0 atom stereocenters. The highest BCUT2D eigenvalue weighted by Gasteiger charge is 2.20. The van der Waals surface area contributed by atoms with Crippen LogP contribution in [0.1, 0.15) is 24.0 Å². The topological polar surface area (TPSA) is 55.1 Å². The fraction of sp³-hybridized carbons (Fsp3) is 0.462. The Morgan fingerprint density at radius 2 is 2.29 bits per heavy atom. The zero-order valence-electron chi connectivity index (χ0n) is 10.0. The maximum absolute atomic E-state index is 10.7. The molecule has 1 aromatic rings. The zero-order chi connectivity index (χ0) is 12.3. The molecule has 0 unspecified atom stereocenters. The number of carbonyl (C=O) groups excluding carboxylic acids is 1. The summed E-state index contributed by atoms with van der Waals surface area (Å²) in [6, 6.07) is 7.05. The highest BCUT2D eigenvalue weighted by atomic mass is 32.2. The lowest BCUT2D eigenvalue weighted by Gasteiger charge is -2.08. The Labute approximate surface area is 106 Å². The number of amides is 1. The fourth-order valence-corrected chi connectivity index (χ4v) is 2.39. The van der Waals surface area contributed by atoms with Crippen LogP contribution in [0.4, 0.5) is 0 Å². The summed E-state index contributed by atoms with van der Waals surface area (Å²) in [4.78, 5) is 11.8. The first-order valence-corrected chi connectivity index (χ1v) is 6.88. The van der Waals surface area contributed by atoms with Gasteiger partial charge in [0.1, 0.15) is 0 Å². The van der Waals surface area contributed by atoms with E-state index in [1.54, 1.807) is 0 Å². The Morgan fingerprint density at radius 3 is 2.88 bits per heavy atom. The normalized spacial score (nSPS) is 14.9. The molecule has 0 aliphatic heterocycles. The van der Waals surface area contributed by atoms with Crippen molar-refractivity contribution < 1.29 is 4.79 Å². The number of thioether (sulfide) groups is 1. The summed E-state index contributed by atoms with van der Waals surface area (Å²) >= 11 is 1.49. The second-order valence-corrected chi connectivity index (χ2v) is 5.55. The molecule has 1 fully saturated rings. The van der Waals surface area contributed by atoms with Crippen molar-refractivity contribution in [2.24, 2.45) is 5.73 Å². The molecule has 2 rings (SSSR count). The number of aryl methyl sites for hydroxylation is 1. The van der Waals surface area contributed by atoms with Crippen LogP contribution in [0.3, 0.4) is 0 Å². The number of benzene rings is 1. The Morgan fingerprint density at radius 1 is 1.53 bits per heavy atom. The summed E-state index contributed by atoms with van der Waals surface area (Å²) in [5.74, 6) is 0.0752. The Kier molecular flexibility index (Phi) is 4.07. The molecule has 3 N–H and O–H groups in total. The van der Waals surface area contributed by atoms with Gasteiger partial charge in [-0.1, -0.05) is 6.07 Å². The lowest BCUT2D eigenvalue weighted by atomic mass is 10.1. The van der Waals surface area contributed by atoms with Crippen LogP contribution in [0.5, 0.6) is 0 Å². The van der Waals surface area contributed by atoms with E-state index in [0.717, 1.165) is 17.5 Å². The van der Waals surface area contributed by atoms with Crippen molar-refractivity contribution in [3.63, 3.8) is 0 Å². The van der Waals surface area contributed by atoms with Crippen LogP contribution < -0.4 is 11.1 Å². The molecule has 0 spiro atoms. The summed E-state index contributed by atoms with van der Waals surface area (Å²) in [5, 5.41) is 3.50. The van der Waals surface area contributed by atoms with Crippen LogP contribution >= 0.6 is 11.8 Å². The van der Waals surface area contributed by atoms with E-state index in [0.29, 0.717) is 5.75 Å². The van der Waals surface area contributed by atoms with Crippen LogP contribution in [0, 0.1) is 6.92 Å². The van der Waals surface area contributed by atoms with E-state index < -0.39 is 0 Å². The van der Waals surface area contributed by atoms with Crippen molar-refractivity contribution in [2.75, 3.05) is 5.75 Å². The largest absolute Gasteiger partial charge is 0.369 e. The predicted molar refractivity (Wildman–Crippen MR) is 71.0 cm³/mol. The number of nitrogens with one attached hydrogen (secondary N) is 1. The fourth-order valence-electron chi connectivity index (χ4n) is 1.65. The van der Waals surface area contributed by atoms with E-state index in [-0.39, 0.29) is 5.91 Å². The van der Waals surface area contributed by atoms with Crippen molar-refractivity contribution in [2.45, 2.75) is 37.2 Å². The molecular formula is C13H18N2OS. The van der Waals surface area contributed by atoms with Gasteiger partial charge in [-0.2, -0.15) is 0 Å². The molecule has 3 nitrogen and oxygen atoms in total. The first-order valence-electron chi connectivity index (χ1n) is 5.89. The van der Waals surface area contributed by atoms with E-state index in [9.17, 15) is 4.79 Å². The monoisotopic (exact) mass is 250 g/mol. The van der Waals surface area contributed by atoms with E-state index >= 15 is 0 Å². The molecular weight excluding hydrogens is 232 g/mol. The number of nitrogens with two attached hydrogens (primary N) is 1. The van der Waals surface area contributed by atoms with Gasteiger partial charge >= 0.3 is 0 Å². The van der Waals surface area contributed by atoms with Crippen molar-refractivity contribution >= 4 is 17.7 Å². The summed E-state index contributed by atoms with van der Waals surface area (Å²) in [5.41, 5.74) is 7.73. The highest BCUT2D eigenvalue weighted by molar-refractivity contribution is 8.00. The van der Waals surface area contributed by atoms with E-state index in [4.69, 9.17) is 5.73 Å². The third kappa shape index (κ3) is 4.06. The van der Waals surface area contributed by atoms with Crippen molar-refractivity contribution in [1.29, 1.82) is 0 Å². The molecule has 0 saturated heterocycles. The minimum atomic E-state index is -0.271. The van der Waals surface area contributed by atoms with Gasteiger partial charge in [0.05, 0.1) is 5.75 Å². The zero-order valence-corrected chi connectivity index (χ0v) is 10.8. The molecule has 0 radical (unpaired) electrons. The molecule has 0 heterocycles. The molecule has 1 amide bonds. The molecule has 1 saturated carbocycles. The van der Waals surface area contributed by atoms with Gasteiger partial charge in [-0.15, -0.1) is 11.8 Å². The average Bonchev–Trinajstić information content (AvgIpc) is 3.09. The molecule has 0 bridgehead atoms. The summed E-state index contributed by atoms with van der Waals surface area (Å²) in [6.45, 7) is 3.05. The lowest BCUT2D eigenvalue weighted by molar-refractivity contribution is -0.115. The van der Waals surface area contributed by atoms with Gasteiger partial charge in [0.2, 0.25) is 5.91 Å². The van der Waals surface area contributed by atoms with Gasteiger partial charge < -0.3 is 11.1 Å². The third-order valence-corrected chi connectivity index (χ3v) is 3.87. The summed E-state index contributed by atoms with van der Waals surface area (Å²) in [7, 11) is 0. The number of hydrogen-bond acceptors (Lipinski definition) is 3. The second kappa shape index (κ2) is 5.56. The Bertz CT molecular complexity index is 416. The average molecular weight is 250 g/mol. The van der Waals surface area contributed by atoms with Gasteiger partial charge in [0, 0.05) is 17.5 Å². The smallest absolute Gasteiger partial charge is 0.227 e. The third-order valence-electron chi connectivity index (χ3n) is 2.85. The van der Waals surface area contributed by atoms with Gasteiger partial charge in [-0.05, 0) is 43.0 Å². The number of hydrogen-bond donors (Lipinski definition) is 2. The van der Waals surface area contributed by atoms with E-state index in [2.05, 4.69) is 30.4 Å². The molecule has 1 aliphatic rings. The molecule has 1 aliphatic carbocycles. The highest BCUT2D eigenvalue weighted by Crippen LogP contribution is 2.23. The van der Waals surface area contributed by atoms with E-state index in [1.165, 1.54) is 35.7 Å². The molecule has 0 aromatic heterocycles. The summed E-state index contributed by atoms with van der Waals surface area (Å²) in [6.07, 6.45) is 2.62. The SMILES string of the molecule is Cc1cc(SCC(N)=O)ccc1CNC1CC1. The first-order chi connectivity index (χ1) is 8.15. The lowest BCUT2D eigenvalue weighted by Crippen LogP contribution is -2.16. The number of carbonyl (C=O) groups is 1. The maximum atomic E-state index is 10.7. The van der Waals surface area contributed by atoms with Crippen molar-refractivity contribution in [3.8, 4) is 0 Å². The van der Waals surface area contributed by atoms with E-state index in [1.807, 2.05) is 0 Å². The molecule has 1 aromatic carbocycles. The number of rotatable bonds is 6. The Balaban J connectivity index is 1.92. The van der Waals surface area contributed by atoms with Gasteiger partial charge in [-0.3, -0.25) is 4.79 Å². The molecule has 4 heteroatoms. The molecule has 17 heavy (non-hydrogen) atoms. The van der Waals surface area contributed by atoms with Gasteiger partial charge in [0.15, 0.2) is 0 Å². The minimum absolute atomic E-state index is 0.271. The van der Waals surface area contributed by atoms with Crippen LogP contribution in [0.15, 0.2) is 23.1 Å². The molecule has 92 valence electrons. The maximum Gasteiger partial charge on any atom is 0.227 e. The van der Waals surface area contributed by atoms with Gasteiger partial charge in [-0.25, -0.2) is 0 Å². The van der Waals surface area contributed by atoms with Crippen molar-refractivity contribution in [3.05, 3.63) is 29.3 Å². The van der Waals surface area contributed by atoms with Crippen LogP contribution in [-0.2, 0) is 11.3 Å². The summed E-state index contributed by atoms with van der Waals surface area (Å²) < 4.78 is 0. The van der Waals surface area contributed by atoms with Gasteiger partial charge in [0.25, 0.3) is 0 Å². The van der Waals surface area contributed by atoms with Crippen LogP contribution in [0.2, 0.25) is 0 Å². The number of primary amides is 1. The van der Waals surface area contributed by atoms with Crippen LogP contribution in [0.25, 0.3) is 0 Å².